The Morgan fingerprint density at radius 2 is 1.97 bits per heavy atom. The highest BCUT2D eigenvalue weighted by Crippen LogP contribution is 2.45. The van der Waals surface area contributed by atoms with Crippen LogP contribution >= 0.6 is 27.5 Å². The van der Waals surface area contributed by atoms with Crippen molar-refractivity contribution in [2.75, 3.05) is 0 Å². The van der Waals surface area contributed by atoms with Crippen LogP contribution in [0.15, 0.2) is 59.2 Å². The van der Waals surface area contributed by atoms with Crippen molar-refractivity contribution in [1.29, 1.82) is 0 Å². The fraction of sp³-hybridized carbons (Fsp3) is 0.0909. The van der Waals surface area contributed by atoms with Crippen molar-refractivity contribution in [1.82, 2.24) is 9.88 Å². The molecule has 0 saturated carbocycles. The van der Waals surface area contributed by atoms with E-state index in [1.165, 1.54) is 23.2 Å². The summed E-state index contributed by atoms with van der Waals surface area (Å²) >= 11 is 9.19. The Morgan fingerprint density at radius 3 is 2.60 bits per heavy atom. The summed E-state index contributed by atoms with van der Waals surface area (Å²) < 4.78 is 15.4. The fourth-order valence-corrected chi connectivity index (χ4v) is 4.09. The first kappa shape index (κ1) is 20.4. The molecule has 1 unspecified atom stereocenters. The van der Waals surface area contributed by atoms with Crippen molar-refractivity contribution in [2.45, 2.75) is 12.3 Å². The Kier molecular flexibility index (Phi) is 5.24. The summed E-state index contributed by atoms with van der Waals surface area (Å²) in [4.78, 5) is 18.7. The molecule has 1 aliphatic rings. The maximum Gasteiger partial charge on any atom is 0.257 e. The molecule has 30 heavy (non-hydrogen) atoms. The van der Waals surface area contributed by atoms with E-state index in [0.717, 1.165) is 0 Å². The van der Waals surface area contributed by atoms with Crippen molar-refractivity contribution in [3.05, 3.63) is 98.0 Å². The molecule has 2 aromatic carbocycles. The molecule has 0 aliphatic carbocycles. The third kappa shape index (κ3) is 3.33. The van der Waals surface area contributed by atoms with Gasteiger partial charge in [0.1, 0.15) is 5.82 Å². The predicted molar refractivity (Wildman–Crippen MR) is 114 cm³/mol. The van der Waals surface area contributed by atoms with E-state index in [2.05, 4.69) is 32.9 Å². The molecule has 1 aliphatic heterocycles. The van der Waals surface area contributed by atoms with Crippen molar-refractivity contribution < 1.29 is 14.3 Å². The lowest BCUT2D eigenvalue weighted by Crippen LogP contribution is -2.44. The lowest BCUT2D eigenvalue weighted by Gasteiger charge is -2.34. The van der Waals surface area contributed by atoms with Gasteiger partial charge in [0.2, 0.25) is 0 Å². The average Bonchev–Trinajstić information content (AvgIpc) is 2.92. The largest absolute Gasteiger partial charge is 0.363 e. The van der Waals surface area contributed by atoms with E-state index in [9.17, 15) is 14.3 Å². The zero-order valence-electron chi connectivity index (χ0n) is 15.4. The topological polar surface area (TPSA) is 79.5 Å². The van der Waals surface area contributed by atoms with Crippen molar-refractivity contribution in [3.8, 4) is 12.0 Å². The monoisotopic (exact) mass is 485 g/mol. The van der Waals surface area contributed by atoms with Crippen molar-refractivity contribution >= 4 is 33.4 Å². The first-order valence-corrected chi connectivity index (χ1v) is 9.98. The number of nitrogens with two attached hydrogens (primary N) is 1. The number of fused-ring (bicyclic) bond motifs is 1. The summed E-state index contributed by atoms with van der Waals surface area (Å²) in [5, 5.41) is 12.2. The minimum atomic E-state index is -2.03. The van der Waals surface area contributed by atoms with Gasteiger partial charge in [-0.2, -0.15) is 0 Å². The van der Waals surface area contributed by atoms with Crippen LogP contribution in [0.4, 0.5) is 4.39 Å². The molecule has 0 bridgehead atoms. The molecule has 150 valence electrons. The van der Waals surface area contributed by atoms with Gasteiger partial charge in [-0.1, -0.05) is 39.7 Å². The number of amides is 1. The third-order valence-electron chi connectivity index (χ3n) is 4.88. The number of carbonyl (C=O) groups is 1. The first-order chi connectivity index (χ1) is 14.3. The molecule has 3 aromatic rings. The molecule has 1 amide bonds. The van der Waals surface area contributed by atoms with Crippen LogP contribution in [0, 0.1) is 17.8 Å². The molecular formula is C22H14BrClFN3O2. The smallest absolute Gasteiger partial charge is 0.257 e. The number of rotatable bonds is 3. The van der Waals surface area contributed by atoms with Gasteiger partial charge in [0, 0.05) is 32.9 Å². The molecule has 1 atom stereocenters. The Morgan fingerprint density at radius 1 is 1.23 bits per heavy atom. The van der Waals surface area contributed by atoms with Crippen molar-refractivity contribution in [3.63, 3.8) is 0 Å². The highest BCUT2D eigenvalue weighted by atomic mass is 79.9. The third-order valence-corrected chi connectivity index (χ3v) is 5.59. The summed E-state index contributed by atoms with van der Waals surface area (Å²) in [5.74, 6) is 1.46. The SMILES string of the molecule is NC#Cc1ccc(CN2C(=O)c3cc(Br)cc(F)c3C2(O)c2ccc(Cl)cc2)nc1. The van der Waals surface area contributed by atoms with Crippen LogP contribution in [0.3, 0.4) is 0 Å². The molecule has 0 saturated heterocycles. The lowest BCUT2D eigenvalue weighted by molar-refractivity contribution is -0.0567. The molecule has 3 N–H and O–H groups in total. The quantitative estimate of drug-likeness (QED) is 0.436. The van der Waals surface area contributed by atoms with Crippen LogP contribution in [0.1, 0.15) is 32.7 Å². The molecule has 4 rings (SSSR count). The maximum atomic E-state index is 15.0. The van der Waals surface area contributed by atoms with E-state index in [1.807, 2.05) is 0 Å². The van der Waals surface area contributed by atoms with Gasteiger partial charge in [0.05, 0.1) is 23.4 Å². The molecule has 0 spiro atoms. The highest BCUT2D eigenvalue weighted by molar-refractivity contribution is 9.10. The van der Waals surface area contributed by atoms with E-state index in [-0.39, 0.29) is 17.7 Å². The second-order valence-electron chi connectivity index (χ2n) is 6.69. The van der Waals surface area contributed by atoms with Crippen LogP contribution < -0.4 is 5.73 Å². The number of carbonyl (C=O) groups excluding carboxylic acids is 1. The summed E-state index contributed by atoms with van der Waals surface area (Å²) in [6.07, 6.45) is 1.52. The maximum absolute atomic E-state index is 15.0. The van der Waals surface area contributed by atoms with Gasteiger partial charge in [-0.3, -0.25) is 14.7 Å². The van der Waals surface area contributed by atoms with E-state index in [1.54, 1.807) is 36.4 Å². The van der Waals surface area contributed by atoms with Gasteiger partial charge >= 0.3 is 0 Å². The van der Waals surface area contributed by atoms with Crippen LogP contribution in [0.25, 0.3) is 0 Å². The highest BCUT2D eigenvalue weighted by Gasteiger charge is 2.52. The van der Waals surface area contributed by atoms with Gasteiger partial charge in [-0.25, -0.2) is 4.39 Å². The number of benzene rings is 2. The number of aliphatic hydroxyl groups is 1. The normalized spacial score (nSPS) is 17.5. The molecule has 0 radical (unpaired) electrons. The zero-order chi connectivity index (χ0) is 21.5. The first-order valence-electron chi connectivity index (χ1n) is 8.81. The van der Waals surface area contributed by atoms with Crippen LogP contribution in [0.5, 0.6) is 0 Å². The molecule has 1 aromatic heterocycles. The van der Waals surface area contributed by atoms with Crippen LogP contribution in [-0.4, -0.2) is 20.9 Å². The predicted octanol–water partition coefficient (Wildman–Crippen LogP) is 3.75. The minimum absolute atomic E-state index is 0.0555. The second-order valence-corrected chi connectivity index (χ2v) is 8.04. The van der Waals surface area contributed by atoms with Gasteiger partial charge in [-0.15, -0.1) is 0 Å². The summed E-state index contributed by atoms with van der Waals surface area (Å²) in [6.45, 7) is -0.0555. The number of hydrogen-bond donors (Lipinski definition) is 2. The number of aromatic nitrogens is 1. The summed E-state index contributed by atoms with van der Waals surface area (Å²) in [7, 11) is 0. The van der Waals surface area contributed by atoms with Crippen LogP contribution in [0.2, 0.25) is 5.02 Å². The number of pyridine rings is 1. The van der Waals surface area contributed by atoms with Gasteiger partial charge in [0.15, 0.2) is 5.72 Å². The Hall–Kier alpha value is -2.92. The number of halogens is 3. The molecule has 2 heterocycles. The van der Waals surface area contributed by atoms with E-state index in [4.69, 9.17) is 17.3 Å². The van der Waals surface area contributed by atoms with E-state index in [0.29, 0.717) is 26.3 Å². The zero-order valence-corrected chi connectivity index (χ0v) is 17.7. The lowest BCUT2D eigenvalue weighted by atomic mass is 9.93. The fourth-order valence-electron chi connectivity index (χ4n) is 3.53. The standard InChI is InChI=1S/C22H14BrClFN3O2/c23-15-9-18-20(19(25)10-15)22(30,14-2-4-16(24)5-3-14)28(21(18)29)12-17-6-1-13(7-8-26)11-27-17/h1-6,9-11,30H,12,26H2. The van der Waals surface area contributed by atoms with Crippen molar-refractivity contribution in [2.24, 2.45) is 5.73 Å². The minimum Gasteiger partial charge on any atom is -0.363 e. The molecule has 5 nitrogen and oxygen atoms in total. The van der Waals surface area contributed by atoms with E-state index < -0.39 is 17.4 Å². The van der Waals surface area contributed by atoms with Gasteiger partial charge in [0.25, 0.3) is 5.91 Å². The van der Waals surface area contributed by atoms with E-state index >= 15 is 0 Å². The molecule has 0 fully saturated rings. The average molecular weight is 487 g/mol. The molecule has 8 heteroatoms. The number of nitrogens with zero attached hydrogens (tertiary/aromatic N) is 2. The second kappa shape index (κ2) is 7.73. The Labute approximate surface area is 185 Å². The van der Waals surface area contributed by atoms with Gasteiger partial charge in [-0.05, 0) is 42.3 Å². The van der Waals surface area contributed by atoms with Crippen LogP contribution in [-0.2, 0) is 12.3 Å². The Balaban J connectivity index is 1.85. The summed E-state index contributed by atoms with van der Waals surface area (Å²) in [5.41, 5.74) is 4.56. The Bertz CT molecular complexity index is 1210. The summed E-state index contributed by atoms with van der Waals surface area (Å²) in [6, 6.07) is 14.7. The number of hydrogen-bond acceptors (Lipinski definition) is 4. The van der Waals surface area contributed by atoms with Gasteiger partial charge < -0.3 is 10.8 Å². The molecular weight excluding hydrogens is 473 g/mol.